The summed E-state index contributed by atoms with van der Waals surface area (Å²) < 4.78 is 25.1. The highest BCUT2D eigenvalue weighted by Gasteiger charge is 2.33. The Labute approximate surface area is 124 Å². The summed E-state index contributed by atoms with van der Waals surface area (Å²) in [5.74, 6) is -0.843. The molecule has 0 radical (unpaired) electrons. The number of nitrogens with zero attached hydrogens (tertiary/aromatic N) is 2. The number of carboxylic acids is 1. The Kier molecular flexibility index (Phi) is 4.63. The van der Waals surface area contributed by atoms with Gasteiger partial charge in [0.05, 0.1) is 18.0 Å². The van der Waals surface area contributed by atoms with E-state index in [-0.39, 0.29) is 12.5 Å². The van der Waals surface area contributed by atoms with E-state index in [0.29, 0.717) is 13.0 Å². The van der Waals surface area contributed by atoms with E-state index in [1.165, 1.54) is 10.6 Å². The quantitative estimate of drug-likeness (QED) is 0.890. The van der Waals surface area contributed by atoms with Crippen LogP contribution in [0, 0.1) is 6.92 Å². The van der Waals surface area contributed by atoms with Gasteiger partial charge in [0.2, 0.25) is 10.0 Å². The molecule has 1 aromatic heterocycles. The largest absolute Gasteiger partial charge is 0.481 e. The van der Waals surface area contributed by atoms with Crippen LogP contribution in [0.15, 0.2) is 12.1 Å². The molecule has 0 aliphatic carbocycles. The van der Waals surface area contributed by atoms with Crippen molar-refractivity contribution in [2.24, 2.45) is 0 Å². The van der Waals surface area contributed by atoms with Gasteiger partial charge < -0.3 is 5.11 Å². The summed E-state index contributed by atoms with van der Waals surface area (Å²) in [7, 11) is -3.25. The molecule has 2 heterocycles. The summed E-state index contributed by atoms with van der Waals surface area (Å²) in [6, 6.07) is 3.46. The van der Waals surface area contributed by atoms with Crippen LogP contribution in [-0.4, -0.2) is 41.6 Å². The third-order valence-corrected chi connectivity index (χ3v) is 4.92. The van der Waals surface area contributed by atoms with Crippen LogP contribution in [0.4, 0.5) is 0 Å². The summed E-state index contributed by atoms with van der Waals surface area (Å²) in [6.45, 7) is 2.36. The van der Waals surface area contributed by atoms with E-state index in [0.717, 1.165) is 29.8 Å². The fraction of sp³-hybridized carbons (Fsp3) is 0.571. The number of pyridine rings is 1. The van der Waals surface area contributed by atoms with Gasteiger partial charge in [-0.2, -0.15) is 4.31 Å². The van der Waals surface area contributed by atoms with Crippen LogP contribution in [0.5, 0.6) is 0 Å². The molecule has 1 aliphatic heterocycles. The molecule has 1 atom stereocenters. The lowest BCUT2D eigenvalue weighted by atomic mass is 10.0. The van der Waals surface area contributed by atoms with Crippen LogP contribution in [0.3, 0.4) is 0 Å². The maximum Gasteiger partial charge on any atom is 0.303 e. The van der Waals surface area contributed by atoms with Gasteiger partial charge in [-0.25, -0.2) is 8.42 Å². The lowest BCUT2D eigenvalue weighted by molar-refractivity contribution is -0.136. The SMILES string of the molecule is Cc1cc(CCC(=O)O)cc([C@@H]2CCCN2S(C)(=O)=O)n1. The molecule has 6 nitrogen and oxygen atoms in total. The first-order valence-corrected chi connectivity index (χ1v) is 8.78. The summed E-state index contributed by atoms with van der Waals surface area (Å²) in [4.78, 5) is 15.1. The molecule has 1 aromatic rings. The molecule has 7 heteroatoms. The van der Waals surface area contributed by atoms with Gasteiger partial charge in [0.1, 0.15) is 0 Å². The fourth-order valence-electron chi connectivity index (χ4n) is 2.77. The maximum atomic E-state index is 11.8. The second-order valence-corrected chi connectivity index (χ2v) is 7.40. The molecule has 0 spiro atoms. The average molecular weight is 312 g/mol. The van der Waals surface area contributed by atoms with Gasteiger partial charge in [-0.3, -0.25) is 9.78 Å². The van der Waals surface area contributed by atoms with Gasteiger partial charge >= 0.3 is 5.97 Å². The minimum absolute atomic E-state index is 0.0589. The zero-order chi connectivity index (χ0) is 15.6. The summed E-state index contributed by atoms with van der Waals surface area (Å²) in [6.07, 6.45) is 3.27. The molecule has 116 valence electrons. The van der Waals surface area contributed by atoms with E-state index in [1.807, 2.05) is 19.1 Å². The van der Waals surface area contributed by atoms with Crippen molar-refractivity contribution < 1.29 is 18.3 Å². The molecule has 0 aromatic carbocycles. The molecule has 1 fully saturated rings. The van der Waals surface area contributed by atoms with Crippen molar-refractivity contribution in [1.82, 2.24) is 9.29 Å². The number of sulfonamides is 1. The molecule has 1 aliphatic rings. The zero-order valence-electron chi connectivity index (χ0n) is 12.2. The smallest absolute Gasteiger partial charge is 0.303 e. The lowest BCUT2D eigenvalue weighted by Crippen LogP contribution is -2.30. The number of aliphatic carboxylic acids is 1. The number of carbonyl (C=O) groups is 1. The minimum atomic E-state index is -3.25. The van der Waals surface area contributed by atoms with E-state index >= 15 is 0 Å². The molecular formula is C14H20N2O4S. The Bertz CT molecular complexity index is 642. The van der Waals surface area contributed by atoms with Gasteiger partial charge in [-0.05, 0) is 43.9 Å². The van der Waals surface area contributed by atoms with Crippen LogP contribution >= 0.6 is 0 Å². The number of hydrogen-bond donors (Lipinski definition) is 1. The third-order valence-electron chi connectivity index (χ3n) is 3.63. The van der Waals surface area contributed by atoms with Gasteiger partial charge in [0.15, 0.2) is 0 Å². The second-order valence-electron chi connectivity index (χ2n) is 5.47. The van der Waals surface area contributed by atoms with Gasteiger partial charge in [0.25, 0.3) is 0 Å². The van der Waals surface area contributed by atoms with Crippen molar-refractivity contribution in [3.05, 3.63) is 29.1 Å². The average Bonchev–Trinajstić information content (AvgIpc) is 2.84. The Balaban J connectivity index is 2.28. The van der Waals surface area contributed by atoms with Crippen molar-refractivity contribution in [1.29, 1.82) is 0 Å². The second kappa shape index (κ2) is 6.11. The van der Waals surface area contributed by atoms with Gasteiger partial charge in [0, 0.05) is 18.7 Å². The predicted molar refractivity (Wildman–Crippen MR) is 78.5 cm³/mol. The molecule has 21 heavy (non-hydrogen) atoms. The van der Waals surface area contributed by atoms with Crippen LogP contribution in [0.25, 0.3) is 0 Å². The summed E-state index contributed by atoms with van der Waals surface area (Å²) in [5, 5.41) is 8.77. The molecular weight excluding hydrogens is 292 g/mol. The maximum absolute atomic E-state index is 11.8. The molecule has 0 bridgehead atoms. The van der Waals surface area contributed by atoms with Crippen LogP contribution < -0.4 is 0 Å². The standard InChI is InChI=1S/C14H20N2O4S/c1-10-8-11(5-6-14(17)18)9-12(15-10)13-4-3-7-16(13)21(2,19)20/h8-9,13H,3-7H2,1-2H3,(H,17,18)/t13-/m0/s1. The Hall–Kier alpha value is -1.47. The first kappa shape index (κ1) is 15.9. The number of aryl methyl sites for hydroxylation is 2. The van der Waals surface area contributed by atoms with Crippen LogP contribution in [0.1, 0.15) is 42.3 Å². The number of rotatable bonds is 5. The highest BCUT2D eigenvalue weighted by atomic mass is 32.2. The van der Waals surface area contributed by atoms with Crippen molar-refractivity contribution in [2.75, 3.05) is 12.8 Å². The Morgan fingerprint density at radius 1 is 1.48 bits per heavy atom. The highest BCUT2D eigenvalue weighted by molar-refractivity contribution is 7.88. The van der Waals surface area contributed by atoms with Crippen molar-refractivity contribution in [3.8, 4) is 0 Å². The van der Waals surface area contributed by atoms with Crippen LogP contribution in [-0.2, 0) is 21.2 Å². The number of hydrogen-bond acceptors (Lipinski definition) is 4. The minimum Gasteiger partial charge on any atom is -0.481 e. The normalized spacial score (nSPS) is 19.8. The van der Waals surface area contributed by atoms with E-state index in [4.69, 9.17) is 5.11 Å². The molecule has 0 saturated carbocycles. The molecule has 0 unspecified atom stereocenters. The lowest BCUT2D eigenvalue weighted by Gasteiger charge is -2.22. The van der Waals surface area contributed by atoms with Crippen molar-refractivity contribution in [3.63, 3.8) is 0 Å². The topological polar surface area (TPSA) is 87.6 Å². The first-order valence-electron chi connectivity index (χ1n) is 6.93. The highest BCUT2D eigenvalue weighted by Crippen LogP contribution is 2.33. The number of aromatic nitrogens is 1. The predicted octanol–water partition coefficient (Wildman–Crippen LogP) is 1.50. The fourth-order valence-corrected chi connectivity index (χ4v) is 3.90. The van der Waals surface area contributed by atoms with E-state index < -0.39 is 16.0 Å². The van der Waals surface area contributed by atoms with Gasteiger partial charge in [-0.1, -0.05) is 0 Å². The summed E-state index contributed by atoms with van der Waals surface area (Å²) >= 11 is 0. The molecule has 1 saturated heterocycles. The van der Waals surface area contributed by atoms with Crippen LogP contribution in [0.2, 0.25) is 0 Å². The molecule has 1 N–H and O–H groups in total. The van der Waals surface area contributed by atoms with E-state index in [9.17, 15) is 13.2 Å². The van der Waals surface area contributed by atoms with E-state index in [2.05, 4.69) is 4.98 Å². The molecule has 0 amide bonds. The first-order chi connectivity index (χ1) is 9.77. The van der Waals surface area contributed by atoms with E-state index in [1.54, 1.807) is 0 Å². The Morgan fingerprint density at radius 2 is 2.19 bits per heavy atom. The Morgan fingerprint density at radius 3 is 2.81 bits per heavy atom. The monoisotopic (exact) mass is 312 g/mol. The zero-order valence-corrected chi connectivity index (χ0v) is 13.1. The van der Waals surface area contributed by atoms with Gasteiger partial charge in [-0.15, -0.1) is 0 Å². The number of carboxylic acid groups (broad SMARTS) is 1. The van der Waals surface area contributed by atoms with Crippen molar-refractivity contribution >= 4 is 16.0 Å². The third kappa shape index (κ3) is 4.01. The molecule has 2 rings (SSSR count). The summed E-state index contributed by atoms with van der Waals surface area (Å²) in [5.41, 5.74) is 2.40. The van der Waals surface area contributed by atoms with Crippen molar-refractivity contribution in [2.45, 2.75) is 38.6 Å².